The monoisotopic (exact) mass is 458 g/mol. The summed E-state index contributed by atoms with van der Waals surface area (Å²) in [4.78, 5) is 13.2. The molecule has 7 heteroatoms. The van der Waals surface area contributed by atoms with Crippen molar-refractivity contribution in [3.8, 4) is 0 Å². The summed E-state index contributed by atoms with van der Waals surface area (Å²) in [5.41, 5.74) is 3.92. The minimum absolute atomic E-state index is 0.0560. The minimum atomic E-state index is -3.76. The molecule has 5 nitrogen and oxygen atoms in total. The molecule has 2 aromatic rings. The molecular formula is C25H31FN2O3S. The number of halogens is 1. The number of nitrogens with zero attached hydrogens (tertiary/aromatic N) is 1. The first-order valence-corrected chi connectivity index (χ1v) is 13.0. The lowest BCUT2D eigenvalue weighted by atomic mass is 9.88. The summed E-state index contributed by atoms with van der Waals surface area (Å²) in [6, 6.07) is 11.3. The molecule has 0 spiro atoms. The Morgan fingerprint density at radius 3 is 2.53 bits per heavy atom. The molecule has 1 aliphatic carbocycles. The molecule has 2 aromatic carbocycles. The van der Waals surface area contributed by atoms with Gasteiger partial charge in [0, 0.05) is 13.1 Å². The van der Waals surface area contributed by atoms with E-state index in [9.17, 15) is 17.6 Å². The van der Waals surface area contributed by atoms with Crippen LogP contribution in [0.3, 0.4) is 0 Å². The van der Waals surface area contributed by atoms with Gasteiger partial charge in [-0.05, 0) is 85.9 Å². The Labute approximate surface area is 190 Å². The molecule has 1 amide bonds. The van der Waals surface area contributed by atoms with Crippen LogP contribution in [-0.2, 0) is 27.7 Å². The largest absolute Gasteiger partial charge is 0.349 e. The van der Waals surface area contributed by atoms with Crippen LogP contribution < -0.4 is 5.32 Å². The van der Waals surface area contributed by atoms with Crippen LogP contribution in [0.1, 0.15) is 61.8 Å². The van der Waals surface area contributed by atoms with E-state index in [0.29, 0.717) is 19.4 Å². The highest BCUT2D eigenvalue weighted by molar-refractivity contribution is 7.89. The molecule has 2 atom stereocenters. The summed E-state index contributed by atoms with van der Waals surface area (Å²) < 4.78 is 40.5. The Balaban J connectivity index is 1.45. The molecule has 1 saturated heterocycles. The van der Waals surface area contributed by atoms with Crippen LogP contribution >= 0.6 is 0 Å². The Morgan fingerprint density at radius 1 is 1.09 bits per heavy atom. The maximum absolute atomic E-state index is 13.2. The number of carbonyl (C=O) groups is 1. The van der Waals surface area contributed by atoms with Crippen LogP contribution in [0.5, 0.6) is 0 Å². The zero-order chi connectivity index (χ0) is 22.7. The molecule has 1 heterocycles. The molecule has 1 fully saturated rings. The van der Waals surface area contributed by atoms with E-state index in [4.69, 9.17) is 0 Å². The van der Waals surface area contributed by atoms with Gasteiger partial charge in [0.1, 0.15) is 5.82 Å². The van der Waals surface area contributed by atoms with Gasteiger partial charge >= 0.3 is 0 Å². The summed E-state index contributed by atoms with van der Waals surface area (Å²) in [7, 11) is -3.76. The van der Waals surface area contributed by atoms with Crippen molar-refractivity contribution in [3.05, 3.63) is 65.0 Å². The maximum Gasteiger partial charge on any atom is 0.243 e. The van der Waals surface area contributed by atoms with Gasteiger partial charge < -0.3 is 5.32 Å². The molecule has 1 N–H and O–H groups in total. The third kappa shape index (κ3) is 4.89. The van der Waals surface area contributed by atoms with Crippen LogP contribution in [0, 0.1) is 11.7 Å². The average molecular weight is 459 g/mol. The first-order chi connectivity index (χ1) is 15.4. The molecule has 32 heavy (non-hydrogen) atoms. The molecule has 4 rings (SSSR count). The number of hydrogen-bond donors (Lipinski definition) is 1. The first kappa shape index (κ1) is 22.9. The molecular weight excluding hydrogens is 427 g/mol. The molecule has 0 bridgehead atoms. The molecule has 0 unspecified atom stereocenters. The highest BCUT2D eigenvalue weighted by atomic mass is 32.2. The lowest BCUT2D eigenvalue weighted by Gasteiger charge is -2.32. The predicted molar refractivity (Wildman–Crippen MR) is 122 cm³/mol. The summed E-state index contributed by atoms with van der Waals surface area (Å²) in [5.74, 6) is -0.980. The summed E-state index contributed by atoms with van der Waals surface area (Å²) in [6.07, 6.45) is 6.70. The van der Waals surface area contributed by atoms with Crippen molar-refractivity contribution in [2.45, 2.75) is 62.8 Å². The predicted octanol–water partition coefficient (Wildman–Crippen LogP) is 4.37. The number of carbonyl (C=O) groups excluding carboxylic acids is 1. The summed E-state index contributed by atoms with van der Waals surface area (Å²) >= 11 is 0. The normalized spacial score (nSPS) is 20.4. The quantitative estimate of drug-likeness (QED) is 0.699. The van der Waals surface area contributed by atoms with Gasteiger partial charge in [-0.15, -0.1) is 0 Å². The van der Waals surface area contributed by atoms with Crippen molar-refractivity contribution in [3.63, 3.8) is 0 Å². The van der Waals surface area contributed by atoms with Gasteiger partial charge in [-0.25, -0.2) is 12.8 Å². The standard InChI is InChI=1S/C25H31FN2O3S/c1-2-24(20-10-9-18-6-3-4-7-19(18)16-20)27-25(29)21-8-5-15-28(17-21)32(30,31)23-13-11-22(26)12-14-23/h9-14,16,21,24H,2-8,15,17H2,1H3,(H,27,29)/t21-,24-/m1/s1. The smallest absolute Gasteiger partial charge is 0.243 e. The maximum atomic E-state index is 13.2. The van der Waals surface area contributed by atoms with Gasteiger partial charge in [-0.3, -0.25) is 4.79 Å². The highest BCUT2D eigenvalue weighted by Crippen LogP contribution is 2.28. The highest BCUT2D eigenvalue weighted by Gasteiger charge is 2.34. The van der Waals surface area contributed by atoms with Crippen molar-refractivity contribution in [2.75, 3.05) is 13.1 Å². The van der Waals surface area contributed by atoms with Crippen LogP contribution in [0.4, 0.5) is 4.39 Å². The van der Waals surface area contributed by atoms with E-state index in [-0.39, 0.29) is 23.4 Å². The molecule has 1 aliphatic heterocycles. The topological polar surface area (TPSA) is 66.5 Å². The zero-order valence-electron chi connectivity index (χ0n) is 18.5. The SMILES string of the molecule is CC[C@@H](NC(=O)[C@@H]1CCCN(S(=O)(=O)c2ccc(F)cc2)C1)c1ccc2c(c1)CCCC2. The number of piperidine rings is 1. The van der Waals surface area contributed by atoms with E-state index < -0.39 is 21.8 Å². The van der Waals surface area contributed by atoms with E-state index in [1.54, 1.807) is 0 Å². The van der Waals surface area contributed by atoms with Gasteiger partial charge in [0.05, 0.1) is 16.9 Å². The number of rotatable bonds is 6. The number of hydrogen-bond acceptors (Lipinski definition) is 3. The summed E-state index contributed by atoms with van der Waals surface area (Å²) in [6.45, 7) is 2.56. The fourth-order valence-corrected chi connectivity index (χ4v) is 6.33. The van der Waals surface area contributed by atoms with Crippen molar-refractivity contribution in [1.29, 1.82) is 0 Å². The van der Waals surface area contributed by atoms with Crippen molar-refractivity contribution < 1.29 is 17.6 Å². The fraction of sp³-hybridized carbons (Fsp3) is 0.480. The van der Waals surface area contributed by atoms with Crippen molar-refractivity contribution in [2.24, 2.45) is 5.92 Å². The third-order valence-corrected chi connectivity index (χ3v) is 8.59. The van der Waals surface area contributed by atoms with Crippen LogP contribution in [0.25, 0.3) is 0 Å². The van der Waals surface area contributed by atoms with Crippen LogP contribution in [0.15, 0.2) is 47.4 Å². The van der Waals surface area contributed by atoms with Gasteiger partial charge in [-0.1, -0.05) is 25.1 Å². The van der Waals surface area contributed by atoms with E-state index in [2.05, 4.69) is 30.4 Å². The lowest BCUT2D eigenvalue weighted by Crippen LogP contribution is -2.46. The average Bonchev–Trinajstić information content (AvgIpc) is 2.82. The van der Waals surface area contributed by atoms with Crippen LogP contribution in [0.2, 0.25) is 0 Å². The second kappa shape index (κ2) is 9.71. The fourth-order valence-electron chi connectivity index (χ4n) is 4.81. The number of aryl methyl sites for hydroxylation is 2. The Morgan fingerprint density at radius 2 is 1.81 bits per heavy atom. The van der Waals surface area contributed by atoms with Gasteiger partial charge in [-0.2, -0.15) is 4.31 Å². The van der Waals surface area contributed by atoms with E-state index >= 15 is 0 Å². The zero-order valence-corrected chi connectivity index (χ0v) is 19.3. The Bertz CT molecular complexity index is 1070. The first-order valence-electron chi connectivity index (χ1n) is 11.6. The van der Waals surface area contributed by atoms with Crippen molar-refractivity contribution >= 4 is 15.9 Å². The molecule has 0 aromatic heterocycles. The van der Waals surface area contributed by atoms with Gasteiger partial charge in [0.2, 0.25) is 15.9 Å². The number of benzene rings is 2. The Kier molecular flexibility index (Phi) is 6.96. The molecule has 2 aliphatic rings. The number of fused-ring (bicyclic) bond motifs is 1. The molecule has 172 valence electrons. The number of amides is 1. The molecule has 0 saturated carbocycles. The summed E-state index contributed by atoms with van der Waals surface area (Å²) in [5, 5.41) is 3.17. The van der Waals surface area contributed by atoms with Crippen molar-refractivity contribution in [1.82, 2.24) is 9.62 Å². The van der Waals surface area contributed by atoms with Crippen LogP contribution in [-0.4, -0.2) is 31.7 Å². The van der Waals surface area contributed by atoms with E-state index in [1.807, 2.05) is 0 Å². The van der Waals surface area contributed by atoms with Gasteiger partial charge in [0.25, 0.3) is 0 Å². The minimum Gasteiger partial charge on any atom is -0.349 e. The molecule has 0 radical (unpaired) electrons. The lowest BCUT2D eigenvalue weighted by molar-refractivity contribution is -0.126. The number of nitrogens with one attached hydrogen (secondary N) is 1. The van der Waals surface area contributed by atoms with Gasteiger partial charge in [0.15, 0.2) is 0 Å². The van der Waals surface area contributed by atoms with E-state index in [1.165, 1.54) is 40.4 Å². The second-order valence-electron chi connectivity index (χ2n) is 8.86. The third-order valence-electron chi connectivity index (χ3n) is 6.71. The second-order valence-corrected chi connectivity index (χ2v) is 10.8. The van der Waals surface area contributed by atoms with E-state index in [0.717, 1.165) is 37.0 Å². The number of sulfonamides is 1. The Hall–Kier alpha value is -2.25.